The molecule has 0 bridgehead atoms. The molecule has 3 aromatic rings. The number of carbonyl (C=O) groups is 1. The van der Waals surface area contributed by atoms with Crippen LogP contribution in [0.1, 0.15) is 18.1 Å². The van der Waals surface area contributed by atoms with Gasteiger partial charge in [-0.25, -0.2) is 4.79 Å². The number of aromatic amines is 2. The van der Waals surface area contributed by atoms with E-state index in [1.807, 2.05) is 13.0 Å². The van der Waals surface area contributed by atoms with Crippen LogP contribution in [0.4, 0.5) is 11.4 Å². The molecule has 1 saturated heterocycles. The number of benzene rings is 2. The van der Waals surface area contributed by atoms with Crippen LogP contribution in [0.5, 0.6) is 0 Å². The molecule has 152 valence electrons. The molecule has 1 aliphatic rings. The van der Waals surface area contributed by atoms with Crippen molar-refractivity contribution in [3.63, 3.8) is 0 Å². The Labute approximate surface area is 169 Å². The van der Waals surface area contributed by atoms with Gasteiger partial charge in [0, 0.05) is 11.4 Å². The monoisotopic (exact) mass is 394 g/mol. The Morgan fingerprint density at radius 2 is 1.83 bits per heavy atom. The number of aromatic nitrogens is 2. The highest BCUT2D eigenvalue weighted by atomic mass is 16.2. The molecule has 2 heterocycles. The van der Waals surface area contributed by atoms with E-state index in [1.165, 1.54) is 21.7 Å². The molecule has 7 nitrogen and oxygen atoms in total. The Morgan fingerprint density at radius 1 is 1.10 bits per heavy atom. The lowest BCUT2D eigenvalue weighted by atomic mass is 10.1. The largest absolute Gasteiger partial charge is 0.360 e. The number of imidazole rings is 1. The van der Waals surface area contributed by atoms with Gasteiger partial charge in [-0.3, -0.25) is 4.79 Å². The minimum Gasteiger partial charge on any atom is -0.360 e. The summed E-state index contributed by atoms with van der Waals surface area (Å²) in [5.74, 6) is -0.00239. The molecular formula is C22H28N5O2+. The maximum atomic E-state index is 12.8. The standard InChI is InChI=1S/C22H27N5O2/c1-14-5-4-6-20(15(14)2)27-11-9-26(10-12-27)16(3)21(28)23-17-7-8-18-19(13-17)25-22(29)24-18/h4-8,13,16H,9-12H2,1-3H3,(H,23,28)(H2,24,25,29)/p+1/t16-/m0/s1. The molecule has 1 amide bonds. The SMILES string of the molecule is Cc1cccc(N2CC[NH+]([C@@H](C)C(=O)Nc3ccc4[nH]c(=O)[nH]c4c3)CC2)c1C. The molecule has 1 aromatic heterocycles. The first-order valence-corrected chi connectivity index (χ1v) is 10.1. The molecular weight excluding hydrogens is 366 g/mol. The van der Waals surface area contributed by atoms with Crippen molar-refractivity contribution < 1.29 is 9.69 Å². The molecule has 0 radical (unpaired) electrons. The summed E-state index contributed by atoms with van der Waals surface area (Å²) in [6.45, 7) is 10.0. The summed E-state index contributed by atoms with van der Waals surface area (Å²) in [6.07, 6.45) is 0. The van der Waals surface area contributed by atoms with Crippen molar-refractivity contribution in [2.24, 2.45) is 0 Å². The molecule has 0 aliphatic carbocycles. The number of H-pyrrole nitrogens is 2. The molecule has 1 fully saturated rings. The zero-order valence-corrected chi connectivity index (χ0v) is 17.1. The molecule has 0 unspecified atom stereocenters. The number of nitrogens with zero attached hydrogens (tertiary/aromatic N) is 1. The first kappa shape index (κ1) is 19.3. The third kappa shape index (κ3) is 3.91. The van der Waals surface area contributed by atoms with Crippen LogP contribution in [-0.2, 0) is 4.79 Å². The van der Waals surface area contributed by atoms with Crippen LogP contribution in [0.25, 0.3) is 11.0 Å². The average molecular weight is 394 g/mol. The van der Waals surface area contributed by atoms with Gasteiger partial charge >= 0.3 is 5.69 Å². The number of nitrogens with one attached hydrogen (secondary N) is 4. The van der Waals surface area contributed by atoms with Crippen LogP contribution in [0.15, 0.2) is 41.2 Å². The minimum absolute atomic E-state index is 0.00239. The average Bonchev–Trinajstić information content (AvgIpc) is 3.09. The van der Waals surface area contributed by atoms with Gasteiger partial charge in [-0.1, -0.05) is 12.1 Å². The maximum Gasteiger partial charge on any atom is 0.323 e. The smallest absolute Gasteiger partial charge is 0.323 e. The molecule has 4 rings (SSSR count). The molecule has 2 aromatic carbocycles. The van der Waals surface area contributed by atoms with E-state index in [0.717, 1.165) is 31.7 Å². The Morgan fingerprint density at radius 3 is 2.59 bits per heavy atom. The van der Waals surface area contributed by atoms with Crippen LogP contribution in [0, 0.1) is 13.8 Å². The zero-order valence-electron chi connectivity index (χ0n) is 17.1. The van der Waals surface area contributed by atoms with E-state index < -0.39 is 0 Å². The summed E-state index contributed by atoms with van der Waals surface area (Å²) < 4.78 is 0. The number of amides is 1. The summed E-state index contributed by atoms with van der Waals surface area (Å²) in [7, 11) is 0. The molecule has 0 saturated carbocycles. The highest BCUT2D eigenvalue weighted by Crippen LogP contribution is 2.22. The first-order valence-electron chi connectivity index (χ1n) is 10.1. The second kappa shape index (κ2) is 7.75. The summed E-state index contributed by atoms with van der Waals surface area (Å²) in [6, 6.07) is 11.7. The van der Waals surface area contributed by atoms with E-state index in [4.69, 9.17) is 0 Å². The molecule has 0 spiro atoms. The van der Waals surface area contributed by atoms with Crippen LogP contribution in [-0.4, -0.2) is 48.1 Å². The third-order valence-corrected chi connectivity index (χ3v) is 6.11. The Hall–Kier alpha value is -3.06. The number of anilines is 2. The second-order valence-corrected chi connectivity index (χ2v) is 7.91. The van der Waals surface area contributed by atoms with Gasteiger partial charge in [0.25, 0.3) is 5.91 Å². The maximum absolute atomic E-state index is 12.8. The van der Waals surface area contributed by atoms with Crippen LogP contribution >= 0.6 is 0 Å². The Balaban J connectivity index is 1.38. The van der Waals surface area contributed by atoms with E-state index in [9.17, 15) is 9.59 Å². The number of rotatable bonds is 4. The van der Waals surface area contributed by atoms with Crippen molar-refractivity contribution in [3.8, 4) is 0 Å². The van der Waals surface area contributed by atoms with Crippen molar-refractivity contribution in [1.82, 2.24) is 9.97 Å². The van der Waals surface area contributed by atoms with Gasteiger partial charge in [-0.05, 0) is 56.2 Å². The van der Waals surface area contributed by atoms with Crippen molar-refractivity contribution in [2.75, 3.05) is 36.4 Å². The van der Waals surface area contributed by atoms with Crippen molar-refractivity contribution in [2.45, 2.75) is 26.8 Å². The van der Waals surface area contributed by atoms with Crippen molar-refractivity contribution in [1.29, 1.82) is 0 Å². The van der Waals surface area contributed by atoms with E-state index in [0.29, 0.717) is 11.2 Å². The van der Waals surface area contributed by atoms with Gasteiger partial charge in [-0.15, -0.1) is 0 Å². The Kier molecular flexibility index (Phi) is 5.15. The number of carbonyl (C=O) groups excluding carboxylic acids is 1. The highest BCUT2D eigenvalue weighted by Gasteiger charge is 2.29. The van der Waals surface area contributed by atoms with Crippen molar-refractivity contribution >= 4 is 28.3 Å². The van der Waals surface area contributed by atoms with Gasteiger partial charge in [-0.2, -0.15) is 0 Å². The number of fused-ring (bicyclic) bond motifs is 1. The van der Waals surface area contributed by atoms with Gasteiger partial charge < -0.3 is 25.1 Å². The summed E-state index contributed by atoms with van der Waals surface area (Å²) in [5, 5.41) is 2.99. The molecule has 29 heavy (non-hydrogen) atoms. The number of hydrogen-bond acceptors (Lipinski definition) is 3. The lowest BCUT2D eigenvalue weighted by molar-refractivity contribution is -0.914. The fourth-order valence-electron chi connectivity index (χ4n) is 4.09. The van der Waals surface area contributed by atoms with Crippen LogP contribution in [0.3, 0.4) is 0 Å². The Bertz CT molecular complexity index is 1090. The molecule has 7 heteroatoms. The van der Waals surface area contributed by atoms with E-state index in [2.05, 4.69) is 52.2 Å². The number of quaternary nitrogens is 1. The van der Waals surface area contributed by atoms with E-state index >= 15 is 0 Å². The third-order valence-electron chi connectivity index (χ3n) is 6.11. The topological polar surface area (TPSA) is 85.4 Å². The quantitative estimate of drug-likeness (QED) is 0.537. The number of piperazine rings is 1. The highest BCUT2D eigenvalue weighted by molar-refractivity contribution is 5.95. The fraction of sp³-hybridized carbons (Fsp3) is 0.364. The molecule has 4 N–H and O–H groups in total. The van der Waals surface area contributed by atoms with Gasteiger partial charge in [0.05, 0.1) is 37.2 Å². The fourth-order valence-corrected chi connectivity index (χ4v) is 4.09. The number of aryl methyl sites for hydroxylation is 1. The minimum atomic E-state index is -0.247. The predicted molar refractivity (Wildman–Crippen MR) is 116 cm³/mol. The summed E-state index contributed by atoms with van der Waals surface area (Å²) in [5.41, 5.74) is 5.81. The van der Waals surface area contributed by atoms with Crippen LogP contribution in [0.2, 0.25) is 0 Å². The van der Waals surface area contributed by atoms with Crippen molar-refractivity contribution in [3.05, 3.63) is 58.0 Å². The second-order valence-electron chi connectivity index (χ2n) is 7.91. The predicted octanol–water partition coefficient (Wildman–Crippen LogP) is 1.21. The first-order chi connectivity index (χ1) is 13.9. The van der Waals surface area contributed by atoms with Gasteiger partial charge in [0.1, 0.15) is 0 Å². The van der Waals surface area contributed by atoms with Gasteiger partial charge in [0.2, 0.25) is 0 Å². The number of hydrogen-bond donors (Lipinski definition) is 4. The van der Waals surface area contributed by atoms with Gasteiger partial charge in [0.15, 0.2) is 6.04 Å². The summed E-state index contributed by atoms with van der Waals surface area (Å²) in [4.78, 5) is 33.3. The summed E-state index contributed by atoms with van der Waals surface area (Å²) >= 11 is 0. The molecule has 1 atom stereocenters. The molecule has 1 aliphatic heterocycles. The van der Waals surface area contributed by atoms with E-state index in [-0.39, 0.29) is 17.6 Å². The normalized spacial score (nSPS) is 16.2. The zero-order chi connectivity index (χ0) is 20.5. The lowest BCUT2D eigenvalue weighted by Gasteiger charge is -2.36. The lowest BCUT2D eigenvalue weighted by Crippen LogP contribution is -3.19. The van der Waals surface area contributed by atoms with E-state index in [1.54, 1.807) is 12.1 Å². The van der Waals surface area contributed by atoms with Crippen LogP contribution < -0.4 is 20.8 Å².